The Balaban J connectivity index is 1.50. The third-order valence-corrected chi connectivity index (χ3v) is 4.48. The predicted octanol–water partition coefficient (Wildman–Crippen LogP) is 4.14. The van der Waals surface area contributed by atoms with Crippen LogP contribution in [0.1, 0.15) is 12.0 Å². The number of rotatable bonds is 7. The second-order valence-electron chi connectivity index (χ2n) is 5.18. The fourth-order valence-corrected chi connectivity index (χ4v) is 3.15. The van der Waals surface area contributed by atoms with Crippen molar-refractivity contribution in [3.63, 3.8) is 0 Å². The van der Waals surface area contributed by atoms with Crippen LogP contribution in [0.5, 0.6) is 0 Å². The van der Waals surface area contributed by atoms with Crippen LogP contribution < -0.4 is 5.32 Å². The number of carbonyl (C=O) groups is 1. The van der Waals surface area contributed by atoms with E-state index in [0.717, 1.165) is 17.0 Å². The average Bonchev–Trinajstić information content (AvgIpc) is 3.16. The van der Waals surface area contributed by atoms with Crippen molar-refractivity contribution in [2.45, 2.75) is 17.9 Å². The van der Waals surface area contributed by atoms with Gasteiger partial charge >= 0.3 is 0 Å². The van der Waals surface area contributed by atoms with Gasteiger partial charge in [0.2, 0.25) is 5.91 Å². The Bertz CT molecular complexity index is 773. The Hall–Kier alpha value is -2.53. The fourth-order valence-electron chi connectivity index (χ4n) is 2.28. The Morgan fingerprint density at radius 3 is 2.75 bits per heavy atom. The first-order chi connectivity index (χ1) is 11.8. The standard InChI is InChI=1S/C19H18N2O2S/c22-18(10-13-24-16-7-2-1-3-8-16)21-14-15-6-4-11-20-19(15)17-9-5-12-23-17/h1-9,11-12H,10,13-14H2,(H,21,22). The van der Waals surface area contributed by atoms with E-state index in [2.05, 4.69) is 10.3 Å². The lowest BCUT2D eigenvalue weighted by Gasteiger charge is -2.08. The highest BCUT2D eigenvalue weighted by Gasteiger charge is 2.10. The van der Waals surface area contributed by atoms with Crippen molar-refractivity contribution >= 4 is 17.7 Å². The molecule has 0 aliphatic heterocycles. The van der Waals surface area contributed by atoms with Crippen LogP contribution in [0.15, 0.2) is 76.4 Å². The van der Waals surface area contributed by atoms with E-state index in [1.807, 2.05) is 54.6 Å². The summed E-state index contributed by atoms with van der Waals surface area (Å²) in [7, 11) is 0. The molecule has 0 unspecified atom stereocenters. The van der Waals surface area contributed by atoms with Gasteiger partial charge in [0.1, 0.15) is 5.69 Å². The predicted molar refractivity (Wildman–Crippen MR) is 95.6 cm³/mol. The van der Waals surface area contributed by atoms with Crippen LogP contribution in [0.2, 0.25) is 0 Å². The zero-order valence-corrected chi connectivity index (χ0v) is 14.0. The molecule has 3 aromatic rings. The zero-order chi connectivity index (χ0) is 16.6. The Kier molecular flexibility index (Phi) is 5.69. The normalized spacial score (nSPS) is 10.5. The van der Waals surface area contributed by atoms with Crippen molar-refractivity contribution in [2.75, 3.05) is 5.75 Å². The van der Waals surface area contributed by atoms with Crippen LogP contribution >= 0.6 is 11.8 Å². The summed E-state index contributed by atoms with van der Waals surface area (Å²) in [5.41, 5.74) is 1.71. The highest BCUT2D eigenvalue weighted by molar-refractivity contribution is 7.99. The average molecular weight is 338 g/mol. The lowest BCUT2D eigenvalue weighted by atomic mass is 10.1. The van der Waals surface area contributed by atoms with Crippen LogP contribution in [0.3, 0.4) is 0 Å². The van der Waals surface area contributed by atoms with Crippen molar-refractivity contribution in [1.29, 1.82) is 0 Å². The molecule has 0 saturated carbocycles. The maximum atomic E-state index is 12.0. The Labute approximate surface area is 145 Å². The van der Waals surface area contributed by atoms with Crippen molar-refractivity contribution in [2.24, 2.45) is 0 Å². The van der Waals surface area contributed by atoms with E-state index < -0.39 is 0 Å². The molecule has 0 spiro atoms. The molecule has 2 heterocycles. The summed E-state index contributed by atoms with van der Waals surface area (Å²) in [6.07, 6.45) is 3.82. The number of nitrogens with zero attached hydrogens (tertiary/aromatic N) is 1. The molecule has 0 bridgehead atoms. The number of nitrogens with one attached hydrogen (secondary N) is 1. The van der Waals surface area contributed by atoms with Gasteiger partial charge in [0.25, 0.3) is 0 Å². The van der Waals surface area contributed by atoms with Crippen molar-refractivity contribution < 1.29 is 9.21 Å². The topological polar surface area (TPSA) is 55.1 Å². The quantitative estimate of drug-likeness (QED) is 0.658. The number of hydrogen-bond donors (Lipinski definition) is 1. The van der Waals surface area contributed by atoms with Gasteiger partial charge in [-0.3, -0.25) is 9.78 Å². The van der Waals surface area contributed by atoms with Crippen LogP contribution in [0, 0.1) is 0 Å². The summed E-state index contributed by atoms with van der Waals surface area (Å²) in [4.78, 5) is 17.6. The molecule has 0 aliphatic rings. The third-order valence-electron chi connectivity index (χ3n) is 3.46. The third kappa shape index (κ3) is 4.49. The van der Waals surface area contributed by atoms with Crippen molar-refractivity contribution in [1.82, 2.24) is 10.3 Å². The van der Waals surface area contributed by atoms with E-state index >= 15 is 0 Å². The maximum absolute atomic E-state index is 12.0. The van der Waals surface area contributed by atoms with E-state index in [0.29, 0.717) is 18.7 Å². The van der Waals surface area contributed by atoms with Crippen molar-refractivity contribution in [3.05, 3.63) is 72.6 Å². The highest BCUT2D eigenvalue weighted by atomic mass is 32.2. The van der Waals surface area contributed by atoms with Gasteiger partial charge in [0.15, 0.2) is 5.76 Å². The molecule has 0 saturated heterocycles. The van der Waals surface area contributed by atoms with Gasteiger partial charge in [-0.25, -0.2) is 0 Å². The molecule has 1 amide bonds. The first-order valence-electron chi connectivity index (χ1n) is 7.75. The van der Waals surface area contributed by atoms with E-state index in [1.165, 1.54) is 4.90 Å². The van der Waals surface area contributed by atoms with E-state index in [1.54, 1.807) is 24.2 Å². The van der Waals surface area contributed by atoms with Crippen LogP contribution in [-0.2, 0) is 11.3 Å². The molecule has 1 aromatic carbocycles. The summed E-state index contributed by atoms with van der Waals surface area (Å²) in [6, 6.07) is 17.6. The van der Waals surface area contributed by atoms with Gasteiger partial charge in [0, 0.05) is 35.4 Å². The number of thioether (sulfide) groups is 1. The molecule has 0 fully saturated rings. The molecular formula is C19H18N2O2S. The van der Waals surface area contributed by atoms with Crippen LogP contribution in [0.25, 0.3) is 11.5 Å². The van der Waals surface area contributed by atoms with Gasteiger partial charge in [0.05, 0.1) is 6.26 Å². The number of carbonyl (C=O) groups excluding carboxylic acids is 1. The maximum Gasteiger partial charge on any atom is 0.221 e. The summed E-state index contributed by atoms with van der Waals surface area (Å²) >= 11 is 1.68. The molecular weight excluding hydrogens is 320 g/mol. The molecule has 24 heavy (non-hydrogen) atoms. The highest BCUT2D eigenvalue weighted by Crippen LogP contribution is 2.21. The van der Waals surface area contributed by atoms with Crippen molar-refractivity contribution in [3.8, 4) is 11.5 Å². The molecule has 122 valence electrons. The van der Waals surface area contributed by atoms with Gasteiger partial charge in [-0.15, -0.1) is 11.8 Å². The first kappa shape index (κ1) is 16.3. The molecule has 0 aliphatic carbocycles. The molecule has 0 atom stereocenters. The summed E-state index contributed by atoms with van der Waals surface area (Å²) in [5.74, 6) is 1.50. The largest absolute Gasteiger partial charge is 0.463 e. The molecule has 4 nitrogen and oxygen atoms in total. The SMILES string of the molecule is O=C(CCSc1ccccc1)NCc1cccnc1-c1ccco1. The fraction of sp³-hybridized carbons (Fsp3) is 0.158. The molecule has 1 N–H and O–H groups in total. The minimum absolute atomic E-state index is 0.0349. The lowest BCUT2D eigenvalue weighted by molar-refractivity contribution is -0.120. The Morgan fingerprint density at radius 1 is 1.08 bits per heavy atom. The summed E-state index contributed by atoms with van der Waals surface area (Å²) in [6.45, 7) is 0.443. The second-order valence-corrected chi connectivity index (χ2v) is 6.35. The smallest absolute Gasteiger partial charge is 0.221 e. The molecule has 3 rings (SSSR count). The minimum Gasteiger partial charge on any atom is -0.463 e. The number of furan rings is 1. The first-order valence-corrected chi connectivity index (χ1v) is 8.74. The zero-order valence-electron chi connectivity index (χ0n) is 13.1. The Morgan fingerprint density at radius 2 is 1.96 bits per heavy atom. The number of pyridine rings is 1. The molecule has 2 aromatic heterocycles. The van der Waals surface area contributed by atoms with E-state index in [9.17, 15) is 4.79 Å². The monoisotopic (exact) mass is 338 g/mol. The van der Waals surface area contributed by atoms with Crippen LogP contribution in [0.4, 0.5) is 0 Å². The molecule has 5 heteroatoms. The van der Waals surface area contributed by atoms with Gasteiger partial charge in [-0.2, -0.15) is 0 Å². The second kappa shape index (κ2) is 8.36. The summed E-state index contributed by atoms with van der Waals surface area (Å²) < 4.78 is 5.40. The van der Waals surface area contributed by atoms with Gasteiger partial charge < -0.3 is 9.73 Å². The summed E-state index contributed by atoms with van der Waals surface area (Å²) in [5, 5.41) is 2.95. The number of hydrogen-bond acceptors (Lipinski definition) is 4. The number of amides is 1. The van der Waals surface area contributed by atoms with Gasteiger partial charge in [-0.05, 0) is 30.3 Å². The molecule has 0 radical (unpaired) electrons. The van der Waals surface area contributed by atoms with Gasteiger partial charge in [-0.1, -0.05) is 24.3 Å². The lowest BCUT2D eigenvalue weighted by Crippen LogP contribution is -2.23. The minimum atomic E-state index is 0.0349. The van der Waals surface area contributed by atoms with Crippen LogP contribution in [-0.4, -0.2) is 16.6 Å². The number of benzene rings is 1. The van der Waals surface area contributed by atoms with E-state index in [4.69, 9.17) is 4.42 Å². The van der Waals surface area contributed by atoms with E-state index in [-0.39, 0.29) is 5.91 Å². The number of aromatic nitrogens is 1.